The number of aromatic amines is 1. The molecule has 0 amide bonds. The molecule has 0 bridgehead atoms. The Kier molecular flexibility index (Phi) is 1.86. The van der Waals surface area contributed by atoms with Gasteiger partial charge in [-0.2, -0.15) is 0 Å². The number of hydrogen-bond acceptors (Lipinski definition) is 1. The van der Waals surface area contributed by atoms with Gasteiger partial charge < -0.3 is 9.55 Å². The van der Waals surface area contributed by atoms with E-state index in [2.05, 4.69) is 35.1 Å². The van der Waals surface area contributed by atoms with E-state index in [4.69, 9.17) is 0 Å². The molecule has 0 saturated carbocycles. The lowest BCUT2D eigenvalue weighted by Gasteiger charge is -2.02. The van der Waals surface area contributed by atoms with Crippen LogP contribution in [-0.4, -0.2) is 14.5 Å². The third kappa shape index (κ3) is 1.18. The molecule has 0 aliphatic rings. The average molecular weight is 211 g/mol. The van der Waals surface area contributed by atoms with Crippen molar-refractivity contribution in [2.45, 2.75) is 6.92 Å². The summed E-state index contributed by atoms with van der Waals surface area (Å²) in [5, 5.41) is 1.25. The van der Waals surface area contributed by atoms with Crippen molar-refractivity contribution < 1.29 is 0 Å². The van der Waals surface area contributed by atoms with Crippen LogP contribution in [0.15, 0.2) is 36.8 Å². The second kappa shape index (κ2) is 3.23. The summed E-state index contributed by atoms with van der Waals surface area (Å²) < 4.78 is 2.04. The molecule has 2 aromatic heterocycles. The zero-order valence-corrected chi connectivity index (χ0v) is 9.36. The van der Waals surface area contributed by atoms with Crippen molar-refractivity contribution in [1.82, 2.24) is 14.5 Å². The number of nitrogens with zero attached hydrogens (tertiary/aromatic N) is 2. The van der Waals surface area contributed by atoms with Gasteiger partial charge in [0.1, 0.15) is 0 Å². The van der Waals surface area contributed by atoms with E-state index in [1.54, 1.807) is 0 Å². The summed E-state index contributed by atoms with van der Waals surface area (Å²) in [5.41, 5.74) is 4.76. The fourth-order valence-electron chi connectivity index (χ4n) is 2.20. The molecule has 3 nitrogen and oxygen atoms in total. The Hall–Kier alpha value is -2.03. The van der Waals surface area contributed by atoms with Gasteiger partial charge in [-0.1, -0.05) is 18.2 Å². The Labute approximate surface area is 93.7 Å². The maximum absolute atomic E-state index is 4.17. The Morgan fingerprint density at radius 1 is 1.25 bits per heavy atom. The minimum Gasteiger partial charge on any atom is -0.358 e. The normalized spacial score (nSPS) is 11.1. The third-order valence-corrected chi connectivity index (χ3v) is 2.97. The smallest absolute Gasteiger partial charge is 0.0948 e. The maximum atomic E-state index is 4.17. The fraction of sp³-hybridized carbons (Fsp3) is 0.154. The van der Waals surface area contributed by atoms with Crippen molar-refractivity contribution in [3.63, 3.8) is 0 Å². The van der Waals surface area contributed by atoms with Crippen LogP contribution in [0.2, 0.25) is 0 Å². The molecular weight excluding hydrogens is 198 g/mol. The van der Waals surface area contributed by atoms with Crippen LogP contribution >= 0.6 is 0 Å². The van der Waals surface area contributed by atoms with Crippen LogP contribution in [0.4, 0.5) is 0 Å². The summed E-state index contributed by atoms with van der Waals surface area (Å²) in [6.07, 6.45) is 3.74. The van der Waals surface area contributed by atoms with E-state index < -0.39 is 0 Å². The fourth-order valence-corrected chi connectivity index (χ4v) is 2.20. The van der Waals surface area contributed by atoms with E-state index in [1.807, 2.05) is 30.2 Å². The lowest BCUT2D eigenvalue weighted by atomic mass is 10.1. The van der Waals surface area contributed by atoms with Crippen LogP contribution in [0.1, 0.15) is 5.69 Å². The van der Waals surface area contributed by atoms with Gasteiger partial charge in [0.05, 0.1) is 18.2 Å². The Balaban J connectivity index is 2.39. The highest BCUT2D eigenvalue weighted by molar-refractivity contribution is 5.96. The first kappa shape index (κ1) is 9.21. The van der Waals surface area contributed by atoms with E-state index in [0.29, 0.717) is 0 Å². The number of fused-ring (bicyclic) bond motifs is 1. The monoisotopic (exact) mass is 211 g/mol. The van der Waals surface area contributed by atoms with Gasteiger partial charge in [-0.05, 0) is 13.0 Å². The number of hydrogen-bond donors (Lipinski definition) is 1. The van der Waals surface area contributed by atoms with Crippen molar-refractivity contribution >= 4 is 10.9 Å². The molecule has 16 heavy (non-hydrogen) atoms. The number of H-pyrrole nitrogens is 1. The summed E-state index contributed by atoms with van der Waals surface area (Å²) in [6, 6.07) is 8.35. The van der Waals surface area contributed by atoms with Crippen molar-refractivity contribution in [2.75, 3.05) is 0 Å². The number of imidazole rings is 1. The van der Waals surface area contributed by atoms with Crippen LogP contribution in [-0.2, 0) is 7.05 Å². The lowest BCUT2D eigenvalue weighted by Crippen LogP contribution is -1.89. The van der Waals surface area contributed by atoms with Crippen LogP contribution in [0.25, 0.3) is 22.2 Å². The number of para-hydroxylation sites is 1. The molecule has 3 rings (SSSR count). The van der Waals surface area contributed by atoms with Gasteiger partial charge in [-0.25, -0.2) is 4.98 Å². The topological polar surface area (TPSA) is 33.6 Å². The van der Waals surface area contributed by atoms with Gasteiger partial charge in [-0.15, -0.1) is 0 Å². The summed E-state index contributed by atoms with van der Waals surface area (Å²) in [4.78, 5) is 7.58. The first-order valence-corrected chi connectivity index (χ1v) is 5.31. The van der Waals surface area contributed by atoms with Crippen LogP contribution in [0, 0.1) is 6.92 Å². The van der Waals surface area contributed by atoms with Gasteiger partial charge in [0, 0.05) is 29.2 Å². The Bertz CT molecular complexity index is 646. The highest BCUT2D eigenvalue weighted by Gasteiger charge is 2.12. The van der Waals surface area contributed by atoms with E-state index in [0.717, 1.165) is 5.69 Å². The largest absolute Gasteiger partial charge is 0.358 e. The lowest BCUT2D eigenvalue weighted by molar-refractivity contribution is 0.921. The molecule has 0 unspecified atom stereocenters. The highest BCUT2D eigenvalue weighted by atomic mass is 15.0. The predicted octanol–water partition coefficient (Wildman–Crippen LogP) is 2.88. The van der Waals surface area contributed by atoms with Crippen LogP contribution in [0.5, 0.6) is 0 Å². The SMILES string of the molecule is Cc1[nH]c2ccccc2c1-c1cncn1C. The summed E-state index contributed by atoms with van der Waals surface area (Å²) in [5.74, 6) is 0. The summed E-state index contributed by atoms with van der Waals surface area (Å²) in [7, 11) is 2.02. The number of benzene rings is 1. The quantitative estimate of drug-likeness (QED) is 0.659. The van der Waals surface area contributed by atoms with Gasteiger partial charge in [0.15, 0.2) is 0 Å². The number of rotatable bonds is 1. The first-order valence-electron chi connectivity index (χ1n) is 5.31. The molecule has 0 aliphatic heterocycles. The molecule has 0 saturated heterocycles. The molecular formula is C13H13N3. The number of aryl methyl sites for hydroxylation is 2. The minimum absolute atomic E-state index is 1.15. The molecule has 3 aromatic rings. The molecule has 0 fully saturated rings. The molecule has 0 atom stereocenters. The number of aromatic nitrogens is 3. The van der Waals surface area contributed by atoms with Crippen molar-refractivity contribution in [2.24, 2.45) is 7.05 Å². The van der Waals surface area contributed by atoms with Gasteiger partial charge in [0.25, 0.3) is 0 Å². The summed E-state index contributed by atoms with van der Waals surface area (Å²) >= 11 is 0. The second-order valence-corrected chi connectivity index (χ2v) is 4.06. The summed E-state index contributed by atoms with van der Waals surface area (Å²) in [6.45, 7) is 2.10. The molecule has 1 aromatic carbocycles. The minimum atomic E-state index is 1.15. The van der Waals surface area contributed by atoms with Crippen molar-refractivity contribution in [3.8, 4) is 11.3 Å². The molecule has 2 heterocycles. The molecule has 0 aliphatic carbocycles. The van der Waals surface area contributed by atoms with E-state index in [9.17, 15) is 0 Å². The van der Waals surface area contributed by atoms with Crippen molar-refractivity contribution in [3.05, 3.63) is 42.5 Å². The Morgan fingerprint density at radius 3 is 2.81 bits per heavy atom. The standard InChI is InChI=1S/C13H13N3/c1-9-13(12-7-14-8-16(12)2)10-5-3-4-6-11(10)15-9/h3-8,15H,1-2H3. The molecule has 80 valence electrons. The van der Waals surface area contributed by atoms with Gasteiger partial charge in [-0.3, -0.25) is 0 Å². The zero-order chi connectivity index (χ0) is 11.1. The van der Waals surface area contributed by atoms with E-state index >= 15 is 0 Å². The average Bonchev–Trinajstić information content (AvgIpc) is 2.81. The van der Waals surface area contributed by atoms with E-state index in [1.165, 1.54) is 22.2 Å². The maximum Gasteiger partial charge on any atom is 0.0948 e. The zero-order valence-electron chi connectivity index (χ0n) is 9.36. The number of nitrogens with one attached hydrogen (secondary N) is 1. The van der Waals surface area contributed by atoms with Crippen molar-refractivity contribution in [1.29, 1.82) is 0 Å². The van der Waals surface area contributed by atoms with Crippen LogP contribution in [0.3, 0.4) is 0 Å². The first-order chi connectivity index (χ1) is 7.77. The molecule has 1 N–H and O–H groups in total. The van der Waals surface area contributed by atoms with Gasteiger partial charge in [0.2, 0.25) is 0 Å². The van der Waals surface area contributed by atoms with Crippen LogP contribution < -0.4 is 0 Å². The highest BCUT2D eigenvalue weighted by Crippen LogP contribution is 2.31. The molecule has 0 radical (unpaired) electrons. The van der Waals surface area contributed by atoms with E-state index in [-0.39, 0.29) is 0 Å². The second-order valence-electron chi connectivity index (χ2n) is 4.06. The molecule has 0 spiro atoms. The third-order valence-electron chi connectivity index (χ3n) is 2.97. The van der Waals surface area contributed by atoms with Gasteiger partial charge >= 0.3 is 0 Å². The predicted molar refractivity (Wildman–Crippen MR) is 65.2 cm³/mol. The molecule has 3 heteroatoms. The Morgan fingerprint density at radius 2 is 2.06 bits per heavy atom.